The average molecular weight is 484 g/mol. The summed E-state index contributed by atoms with van der Waals surface area (Å²) in [5, 5.41) is 23.7. The average Bonchev–Trinajstić information content (AvgIpc) is 3.56. The standard InChI is InChI=1S/C25H20N6O5/c1-3-30-22-20(14-26-30)19(13-21(27-22)16-7-5-4-6-8-16)25(32)35-15(2)23-28-29-24(36-23)17-9-11-18(12-10-17)31(33)34/h4-15H,3H2,1-2H3. The molecule has 180 valence electrons. The van der Waals surface area contributed by atoms with E-state index in [1.807, 2.05) is 37.3 Å². The van der Waals surface area contributed by atoms with Crippen molar-refractivity contribution in [3.8, 4) is 22.7 Å². The van der Waals surface area contributed by atoms with Crippen LogP contribution < -0.4 is 0 Å². The molecule has 11 heteroatoms. The van der Waals surface area contributed by atoms with Crippen LogP contribution in [0.25, 0.3) is 33.7 Å². The summed E-state index contributed by atoms with van der Waals surface area (Å²) >= 11 is 0. The Kier molecular flexibility index (Phi) is 5.95. The predicted octanol–water partition coefficient (Wildman–Crippen LogP) is 4.99. The Bertz CT molecular complexity index is 1560. The maximum absolute atomic E-state index is 13.3. The molecule has 5 aromatic rings. The van der Waals surface area contributed by atoms with Crippen molar-refractivity contribution in [1.29, 1.82) is 0 Å². The molecule has 0 amide bonds. The number of aromatic nitrogens is 5. The molecule has 1 unspecified atom stereocenters. The highest BCUT2D eigenvalue weighted by Gasteiger charge is 2.24. The van der Waals surface area contributed by atoms with Crippen LogP contribution in [0, 0.1) is 10.1 Å². The third-order valence-corrected chi connectivity index (χ3v) is 5.60. The molecule has 2 aromatic carbocycles. The van der Waals surface area contributed by atoms with E-state index < -0.39 is 17.0 Å². The molecule has 5 rings (SSSR count). The zero-order valence-corrected chi connectivity index (χ0v) is 19.4. The zero-order valence-electron chi connectivity index (χ0n) is 19.4. The lowest BCUT2D eigenvalue weighted by molar-refractivity contribution is -0.384. The number of ether oxygens (including phenoxy) is 1. The molecule has 0 aliphatic carbocycles. The second kappa shape index (κ2) is 9.37. The Morgan fingerprint density at radius 1 is 1.11 bits per heavy atom. The summed E-state index contributed by atoms with van der Waals surface area (Å²) in [7, 11) is 0. The second-order valence-electron chi connectivity index (χ2n) is 7.92. The van der Waals surface area contributed by atoms with E-state index in [1.165, 1.54) is 24.3 Å². The van der Waals surface area contributed by atoms with E-state index in [4.69, 9.17) is 14.1 Å². The SMILES string of the molecule is CCn1ncc2c(C(=O)OC(C)c3nnc(-c4ccc([N+](=O)[O-])cc4)o3)cc(-c3ccccc3)nc21. The van der Waals surface area contributed by atoms with Crippen molar-refractivity contribution >= 4 is 22.7 Å². The number of hydrogen-bond donors (Lipinski definition) is 0. The minimum Gasteiger partial charge on any atom is -0.449 e. The number of carbonyl (C=O) groups is 1. The molecule has 0 saturated heterocycles. The number of nitro groups is 1. The first-order valence-corrected chi connectivity index (χ1v) is 11.2. The molecule has 36 heavy (non-hydrogen) atoms. The normalized spacial score (nSPS) is 11.9. The summed E-state index contributed by atoms with van der Waals surface area (Å²) in [6, 6.07) is 16.9. The molecule has 0 saturated carbocycles. The Balaban J connectivity index is 1.42. The summed E-state index contributed by atoms with van der Waals surface area (Å²) in [6.45, 7) is 4.16. The number of benzene rings is 2. The topological polar surface area (TPSA) is 139 Å². The summed E-state index contributed by atoms with van der Waals surface area (Å²) in [5.74, 6) is -0.336. The summed E-state index contributed by atoms with van der Waals surface area (Å²) < 4.78 is 13.1. The number of nitro benzene ring substituents is 1. The van der Waals surface area contributed by atoms with Crippen LogP contribution in [0.4, 0.5) is 5.69 Å². The van der Waals surface area contributed by atoms with Crippen molar-refractivity contribution in [2.24, 2.45) is 0 Å². The van der Waals surface area contributed by atoms with Gasteiger partial charge in [-0.1, -0.05) is 30.3 Å². The van der Waals surface area contributed by atoms with Gasteiger partial charge in [-0.25, -0.2) is 14.5 Å². The molecule has 0 bridgehead atoms. The van der Waals surface area contributed by atoms with Gasteiger partial charge >= 0.3 is 5.97 Å². The van der Waals surface area contributed by atoms with Crippen LogP contribution in [0.2, 0.25) is 0 Å². The van der Waals surface area contributed by atoms with Gasteiger partial charge in [0, 0.05) is 29.8 Å². The number of carbonyl (C=O) groups excluding carboxylic acids is 1. The fraction of sp³-hybridized carbons (Fsp3) is 0.160. The molecule has 1 atom stereocenters. The van der Waals surface area contributed by atoms with Gasteiger partial charge < -0.3 is 9.15 Å². The lowest BCUT2D eigenvalue weighted by atomic mass is 10.1. The van der Waals surface area contributed by atoms with Gasteiger partial charge in [0.25, 0.3) is 11.6 Å². The van der Waals surface area contributed by atoms with E-state index in [0.29, 0.717) is 34.4 Å². The van der Waals surface area contributed by atoms with Crippen molar-refractivity contribution in [3.05, 3.63) is 88.4 Å². The predicted molar refractivity (Wildman–Crippen MR) is 129 cm³/mol. The van der Waals surface area contributed by atoms with Crippen LogP contribution in [0.1, 0.15) is 36.2 Å². The zero-order chi connectivity index (χ0) is 25.2. The summed E-state index contributed by atoms with van der Waals surface area (Å²) in [5.41, 5.74) is 2.84. The van der Waals surface area contributed by atoms with E-state index in [0.717, 1.165) is 5.56 Å². The highest BCUT2D eigenvalue weighted by atomic mass is 16.6. The molecule has 0 aliphatic heterocycles. The largest absolute Gasteiger partial charge is 0.449 e. The number of fused-ring (bicyclic) bond motifs is 1. The van der Waals surface area contributed by atoms with E-state index >= 15 is 0 Å². The Morgan fingerprint density at radius 2 is 1.86 bits per heavy atom. The van der Waals surface area contributed by atoms with Gasteiger partial charge in [-0.15, -0.1) is 10.2 Å². The molecule has 11 nitrogen and oxygen atoms in total. The van der Waals surface area contributed by atoms with Gasteiger partial charge in [0.2, 0.25) is 5.89 Å². The lowest BCUT2D eigenvalue weighted by Gasteiger charge is -2.11. The summed E-state index contributed by atoms with van der Waals surface area (Å²) in [6.07, 6.45) is 0.753. The van der Waals surface area contributed by atoms with E-state index in [1.54, 1.807) is 23.9 Å². The molecule has 0 fully saturated rings. The number of aryl methyl sites for hydroxylation is 1. The van der Waals surface area contributed by atoms with E-state index in [9.17, 15) is 14.9 Å². The van der Waals surface area contributed by atoms with Crippen molar-refractivity contribution in [2.75, 3.05) is 0 Å². The first kappa shape index (κ1) is 22.8. The fourth-order valence-corrected chi connectivity index (χ4v) is 3.72. The van der Waals surface area contributed by atoms with Crippen LogP contribution in [0.15, 0.2) is 71.3 Å². The van der Waals surface area contributed by atoms with Gasteiger partial charge in [-0.05, 0) is 32.0 Å². The Labute approximate surface area is 204 Å². The van der Waals surface area contributed by atoms with Crippen LogP contribution in [0.5, 0.6) is 0 Å². The van der Waals surface area contributed by atoms with Gasteiger partial charge in [0.1, 0.15) is 0 Å². The van der Waals surface area contributed by atoms with E-state index in [-0.39, 0.29) is 17.5 Å². The first-order chi connectivity index (χ1) is 17.4. The van der Waals surface area contributed by atoms with Crippen LogP contribution in [0.3, 0.4) is 0 Å². The lowest BCUT2D eigenvalue weighted by Crippen LogP contribution is -2.11. The highest BCUT2D eigenvalue weighted by Crippen LogP contribution is 2.28. The highest BCUT2D eigenvalue weighted by molar-refractivity contribution is 6.03. The van der Waals surface area contributed by atoms with Crippen LogP contribution in [-0.2, 0) is 11.3 Å². The summed E-state index contributed by atoms with van der Waals surface area (Å²) in [4.78, 5) is 28.3. The molecule has 0 N–H and O–H groups in total. The molecule has 3 aromatic heterocycles. The van der Waals surface area contributed by atoms with Gasteiger partial charge in [0.15, 0.2) is 11.8 Å². The maximum Gasteiger partial charge on any atom is 0.339 e. The quantitative estimate of drug-likeness (QED) is 0.177. The third kappa shape index (κ3) is 4.29. The number of non-ortho nitro benzene ring substituents is 1. The van der Waals surface area contributed by atoms with E-state index in [2.05, 4.69) is 15.3 Å². The number of hydrogen-bond acceptors (Lipinski definition) is 9. The molecular formula is C25H20N6O5. The fourth-order valence-electron chi connectivity index (χ4n) is 3.72. The minimum absolute atomic E-state index is 0.0503. The maximum atomic E-state index is 13.3. The van der Waals surface area contributed by atoms with Gasteiger partial charge in [-0.3, -0.25) is 10.1 Å². The minimum atomic E-state index is -0.846. The smallest absolute Gasteiger partial charge is 0.339 e. The van der Waals surface area contributed by atoms with Crippen LogP contribution >= 0.6 is 0 Å². The number of esters is 1. The molecule has 0 radical (unpaired) electrons. The van der Waals surface area contributed by atoms with Crippen molar-refractivity contribution < 1.29 is 18.9 Å². The number of pyridine rings is 1. The first-order valence-electron chi connectivity index (χ1n) is 11.2. The molecule has 0 aliphatic rings. The van der Waals surface area contributed by atoms with Crippen molar-refractivity contribution in [3.63, 3.8) is 0 Å². The number of rotatable bonds is 7. The number of nitrogens with zero attached hydrogens (tertiary/aromatic N) is 6. The molecule has 3 heterocycles. The third-order valence-electron chi connectivity index (χ3n) is 5.60. The monoisotopic (exact) mass is 484 g/mol. The molecular weight excluding hydrogens is 464 g/mol. The molecule has 0 spiro atoms. The van der Waals surface area contributed by atoms with Gasteiger partial charge in [-0.2, -0.15) is 5.10 Å². The van der Waals surface area contributed by atoms with Gasteiger partial charge in [0.05, 0.1) is 27.8 Å². The van der Waals surface area contributed by atoms with Crippen molar-refractivity contribution in [1.82, 2.24) is 25.0 Å². The van der Waals surface area contributed by atoms with Crippen molar-refractivity contribution in [2.45, 2.75) is 26.5 Å². The Morgan fingerprint density at radius 3 is 2.56 bits per heavy atom. The van der Waals surface area contributed by atoms with Crippen LogP contribution in [-0.4, -0.2) is 35.9 Å². The second-order valence-corrected chi connectivity index (χ2v) is 7.92. The Hall–Kier alpha value is -4.93.